The molecule has 1 amide bonds. The zero-order valence-electron chi connectivity index (χ0n) is 15.0. The highest BCUT2D eigenvalue weighted by Gasteiger charge is 2.32. The number of hydrogen-bond acceptors (Lipinski definition) is 4. The molecule has 1 saturated carbocycles. The molecule has 1 aromatic carbocycles. The molecule has 1 atom stereocenters. The molecule has 1 N–H and O–H groups in total. The van der Waals surface area contributed by atoms with E-state index in [-0.39, 0.29) is 16.8 Å². The van der Waals surface area contributed by atoms with Crippen molar-refractivity contribution in [2.45, 2.75) is 49.6 Å². The molecule has 6 nitrogen and oxygen atoms in total. The maximum absolute atomic E-state index is 12.7. The number of piperazine rings is 1. The van der Waals surface area contributed by atoms with Crippen LogP contribution < -0.4 is 5.32 Å². The lowest BCUT2D eigenvalue weighted by Crippen LogP contribution is -2.55. The number of carbonyl (C=O) groups is 1. The number of sulfonamides is 1. The van der Waals surface area contributed by atoms with Crippen molar-refractivity contribution in [2.75, 3.05) is 26.2 Å². The van der Waals surface area contributed by atoms with Crippen LogP contribution >= 0.6 is 11.6 Å². The van der Waals surface area contributed by atoms with E-state index in [0.29, 0.717) is 37.2 Å². The van der Waals surface area contributed by atoms with E-state index in [9.17, 15) is 13.2 Å². The van der Waals surface area contributed by atoms with Crippen LogP contribution in [0, 0.1) is 0 Å². The average Bonchev–Trinajstić information content (AvgIpc) is 3.14. The Balaban J connectivity index is 1.56. The van der Waals surface area contributed by atoms with Crippen LogP contribution in [0.15, 0.2) is 29.2 Å². The largest absolute Gasteiger partial charge is 0.352 e. The van der Waals surface area contributed by atoms with Crippen LogP contribution in [0.5, 0.6) is 0 Å². The maximum Gasteiger partial charge on any atom is 0.243 e. The van der Waals surface area contributed by atoms with Crippen molar-refractivity contribution in [1.82, 2.24) is 14.5 Å². The van der Waals surface area contributed by atoms with Gasteiger partial charge in [-0.15, -0.1) is 0 Å². The summed E-state index contributed by atoms with van der Waals surface area (Å²) in [6.45, 7) is 3.75. The Morgan fingerprint density at radius 2 is 1.69 bits per heavy atom. The number of carbonyl (C=O) groups excluding carboxylic acids is 1. The highest BCUT2D eigenvalue weighted by Crippen LogP contribution is 2.21. The Bertz CT molecular complexity index is 725. The molecule has 0 unspecified atom stereocenters. The zero-order chi connectivity index (χ0) is 18.7. The number of rotatable bonds is 5. The molecule has 1 aliphatic heterocycles. The summed E-state index contributed by atoms with van der Waals surface area (Å²) < 4.78 is 26.9. The predicted molar refractivity (Wildman–Crippen MR) is 102 cm³/mol. The molecule has 2 aliphatic rings. The first-order valence-electron chi connectivity index (χ1n) is 9.18. The zero-order valence-corrected chi connectivity index (χ0v) is 16.6. The van der Waals surface area contributed by atoms with Crippen LogP contribution in [0.1, 0.15) is 32.6 Å². The van der Waals surface area contributed by atoms with Gasteiger partial charge in [-0.25, -0.2) is 8.42 Å². The Morgan fingerprint density at radius 1 is 1.12 bits per heavy atom. The first-order valence-corrected chi connectivity index (χ1v) is 11.0. The fourth-order valence-corrected chi connectivity index (χ4v) is 5.19. The van der Waals surface area contributed by atoms with Crippen molar-refractivity contribution in [3.8, 4) is 0 Å². The Labute approximate surface area is 160 Å². The second-order valence-corrected chi connectivity index (χ2v) is 9.43. The summed E-state index contributed by atoms with van der Waals surface area (Å²) in [7, 11) is -3.52. The third-order valence-corrected chi connectivity index (χ3v) is 7.52. The SMILES string of the molecule is C[C@H](C(=O)NC1CCCC1)N1CCN(S(=O)(=O)c2ccc(Cl)cc2)CC1. The molecule has 144 valence electrons. The fraction of sp³-hybridized carbons (Fsp3) is 0.611. The minimum atomic E-state index is -3.52. The lowest BCUT2D eigenvalue weighted by Gasteiger charge is -2.37. The van der Waals surface area contributed by atoms with Crippen molar-refractivity contribution in [3.05, 3.63) is 29.3 Å². The first kappa shape index (κ1) is 19.6. The van der Waals surface area contributed by atoms with Crippen LogP contribution in [0.4, 0.5) is 0 Å². The van der Waals surface area contributed by atoms with Gasteiger partial charge in [-0.05, 0) is 44.0 Å². The molecule has 1 heterocycles. The van der Waals surface area contributed by atoms with Gasteiger partial charge in [0.25, 0.3) is 0 Å². The minimum Gasteiger partial charge on any atom is -0.352 e. The molecule has 0 bridgehead atoms. The molecule has 1 aliphatic carbocycles. The number of amides is 1. The van der Waals surface area contributed by atoms with E-state index in [1.165, 1.54) is 29.3 Å². The molecule has 2 fully saturated rings. The van der Waals surface area contributed by atoms with E-state index in [4.69, 9.17) is 11.6 Å². The van der Waals surface area contributed by atoms with Crippen molar-refractivity contribution in [1.29, 1.82) is 0 Å². The van der Waals surface area contributed by atoms with Gasteiger partial charge >= 0.3 is 0 Å². The van der Waals surface area contributed by atoms with E-state index in [2.05, 4.69) is 10.2 Å². The summed E-state index contributed by atoms with van der Waals surface area (Å²) in [4.78, 5) is 14.7. The number of halogens is 1. The van der Waals surface area contributed by atoms with Crippen molar-refractivity contribution < 1.29 is 13.2 Å². The molecule has 8 heteroatoms. The summed E-state index contributed by atoms with van der Waals surface area (Å²) >= 11 is 5.84. The standard InChI is InChI=1S/C18H26ClN3O3S/c1-14(18(23)20-16-4-2-3-5-16)21-10-12-22(13-11-21)26(24,25)17-8-6-15(19)7-9-17/h6-9,14,16H,2-5,10-13H2,1H3,(H,20,23)/t14-/m1/s1. The van der Waals surface area contributed by atoms with Crippen LogP contribution in [-0.4, -0.2) is 61.8 Å². The maximum atomic E-state index is 12.7. The van der Waals surface area contributed by atoms with Gasteiger partial charge in [-0.3, -0.25) is 9.69 Å². The van der Waals surface area contributed by atoms with Gasteiger partial charge in [0.2, 0.25) is 15.9 Å². The Morgan fingerprint density at radius 3 is 2.27 bits per heavy atom. The third-order valence-electron chi connectivity index (χ3n) is 5.35. The van der Waals surface area contributed by atoms with Gasteiger partial charge in [-0.1, -0.05) is 24.4 Å². The monoisotopic (exact) mass is 399 g/mol. The normalized spacial score (nSPS) is 21.6. The van der Waals surface area contributed by atoms with E-state index in [1.807, 2.05) is 6.92 Å². The third kappa shape index (κ3) is 4.39. The summed E-state index contributed by atoms with van der Waals surface area (Å²) in [5.41, 5.74) is 0. The van der Waals surface area contributed by atoms with E-state index < -0.39 is 10.0 Å². The van der Waals surface area contributed by atoms with Crippen LogP contribution in [-0.2, 0) is 14.8 Å². The molecular weight excluding hydrogens is 374 g/mol. The second kappa shape index (κ2) is 8.25. The molecule has 0 radical (unpaired) electrons. The summed E-state index contributed by atoms with van der Waals surface area (Å²) in [6.07, 6.45) is 4.48. The summed E-state index contributed by atoms with van der Waals surface area (Å²) in [5.74, 6) is 0.0471. The molecule has 1 aromatic rings. The van der Waals surface area contributed by atoms with E-state index in [1.54, 1.807) is 12.1 Å². The van der Waals surface area contributed by atoms with Gasteiger partial charge in [0.05, 0.1) is 10.9 Å². The second-order valence-electron chi connectivity index (χ2n) is 7.06. The number of nitrogens with one attached hydrogen (secondary N) is 1. The number of nitrogens with zero attached hydrogens (tertiary/aromatic N) is 2. The van der Waals surface area contributed by atoms with E-state index in [0.717, 1.165) is 12.8 Å². The van der Waals surface area contributed by atoms with E-state index >= 15 is 0 Å². The van der Waals surface area contributed by atoms with Gasteiger partial charge < -0.3 is 5.32 Å². The smallest absolute Gasteiger partial charge is 0.243 e. The summed E-state index contributed by atoms with van der Waals surface area (Å²) in [6, 6.07) is 6.29. The highest BCUT2D eigenvalue weighted by molar-refractivity contribution is 7.89. The molecule has 1 saturated heterocycles. The molecule has 3 rings (SSSR count). The lowest BCUT2D eigenvalue weighted by molar-refractivity contribution is -0.127. The van der Waals surface area contributed by atoms with Crippen LogP contribution in [0.25, 0.3) is 0 Å². The van der Waals surface area contributed by atoms with Gasteiger partial charge in [-0.2, -0.15) is 4.31 Å². The van der Waals surface area contributed by atoms with Gasteiger partial charge in [0.15, 0.2) is 0 Å². The van der Waals surface area contributed by atoms with Gasteiger partial charge in [0.1, 0.15) is 0 Å². The molecule has 26 heavy (non-hydrogen) atoms. The highest BCUT2D eigenvalue weighted by atomic mass is 35.5. The van der Waals surface area contributed by atoms with Gasteiger partial charge in [0, 0.05) is 37.2 Å². The Kier molecular flexibility index (Phi) is 6.22. The van der Waals surface area contributed by atoms with Crippen molar-refractivity contribution >= 4 is 27.5 Å². The van der Waals surface area contributed by atoms with Crippen molar-refractivity contribution in [2.24, 2.45) is 0 Å². The predicted octanol–water partition coefficient (Wildman–Crippen LogP) is 2.09. The summed E-state index contributed by atoms with van der Waals surface area (Å²) in [5, 5.41) is 3.63. The molecule has 0 aromatic heterocycles. The first-order chi connectivity index (χ1) is 12.4. The topological polar surface area (TPSA) is 69.7 Å². The Hall–Kier alpha value is -1.15. The number of benzene rings is 1. The van der Waals surface area contributed by atoms with Crippen LogP contribution in [0.3, 0.4) is 0 Å². The lowest BCUT2D eigenvalue weighted by atomic mass is 10.2. The molecule has 0 spiro atoms. The fourth-order valence-electron chi connectivity index (χ4n) is 3.64. The molecular formula is C18H26ClN3O3S. The van der Waals surface area contributed by atoms with Crippen molar-refractivity contribution in [3.63, 3.8) is 0 Å². The quantitative estimate of drug-likeness (QED) is 0.823. The minimum absolute atomic E-state index is 0.0471. The van der Waals surface area contributed by atoms with Crippen LogP contribution in [0.2, 0.25) is 5.02 Å². The average molecular weight is 400 g/mol. The number of hydrogen-bond donors (Lipinski definition) is 1.